The van der Waals surface area contributed by atoms with Gasteiger partial charge in [0.2, 0.25) is 12.7 Å². The minimum atomic E-state index is -0.509. The van der Waals surface area contributed by atoms with Crippen LogP contribution in [0.15, 0.2) is 47.3 Å². The molecule has 1 atom stereocenters. The summed E-state index contributed by atoms with van der Waals surface area (Å²) in [5.41, 5.74) is 8.16. The lowest BCUT2D eigenvalue weighted by Crippen LogP contribution is -2.21. The van der Waals surface area contributed by atoms with Gasteiger partial charge in [-0.15, -0.1) is 0 Å². The number of amides is 1. The number of H-pyrrole nitrogens is 2. The van der Waals surface area contributed by atoms with Gasteiger partial charge >= 0.3 is 0 Å². The molecule has 150 valence electrons. The van der Waals surface area contributed by atoms with Gasteiger partial charge in [0.15, 0.2) is 11.5 Å². The van der Waals surface area contributed by atoms with Gasteiger partial charge in [-0.2, -0.15) is 0 Å². The number of aromatic nitrogens is 2. The maximum Gasteiger partial charge on any atom is 0.267 e. The van der Waals surface area contributed by atoms with Crippen molar-refractivity contribution < 1.29 is 19.0 Å². The summed E-state index contributed by atoms with van der Waals surface area (Å²) in [5.74, 6) is 0.964. The highest BCUT2D eigenvalue weighted by molar-refractivity contribution is 5.75. The van der Waals surface area contributed by atoms with E-state index in [-0.39, 0.29) is 18.8 Å². The first-order chi connectivity index (χ1) is 14.0. The number of nitrogens with one attached hydrogen (secondary N) is 2. The van der Waals surface area contributed by atoms with E-state index in [0.717, 1.165) is 16.9 Å². The monoisotopic (exact) mass is 395 g/mol. The van der Waals surface area contributed by atoms with Crippen molar-refractivity contribution >= 4 is 5.91 Å². The zero-order chi connectivity index (χ0) is 20.4. The number of carbonyl (C=O) groups excluding carboxylic acids is 1. The Morgan fingerprint density at radius 1 is 1.14 bits per heavy atom. The van der Waals surface area contributed by atoms with Crippen LogP contribution in [0.4, 0.5) is 0 Å². The molecule has 0 radical (unpaired) electrons. The van der Waals surface area contributed by atoms with Crippen molar-refractivity contribution in [3.8, 4) is 17.2 Å². The Morgan fingerprint density at radius 2 is 1.90 bits per heavy atom. The number of nitrogens with two attached hydrogens (primary N) is 1. The molecule has 8 heteroatoms. The Bertz CT molecular complexity index is 1080. The first-order valence-corrected chi connectivity index (χ1v) is 9.15. The lowest BCUT2D eigenvalue weighted by Gasteiger charge is -2.16. The van der Waals surface area contributed by atoms with Crippen molar-refractivity contribution in [3.05, 3.63) is 75.2 Å². The summed E-state index contributed by atoms with van der Waals surface area (Å²) < 4.78 is 16.0. The molecule has 0 fully saturated rings. The van der Waals surface area contributed by atoms with E-state index >= 15 is 0 Å². The number of benzene rings is 2. The molecule has 2 heterocycles. The van der Waals surface area contributed by atoms with E-state index in [1.807, 2.05) is 30.3 Å². The summed E-state index contributed by atoms with van der Waals surface area (Å²) in [6.45, 7) is 0.146. The van der Waals surface area contributed by atoms with Crippen LogP contribution in [0.2, 0.25) is 0 Å². The lowest BCUT2D eigenvalue weighted by atomic mass is 9.87. The molecule has 0 saturated carbocycles. The topological polar surface area (TPSA) is 119 Å². The molecule has 4 N–H and O–H groups in total. The molecule has 8 nitrogen and oxygen atoms in total. The lowest BCUT2D eigenvalue weighted by molar-refractivity contribution is -0.118. The molecule has 0 spiro atoms. The SMILES string of the molecule is COc1ccc(Cc2[nH][nH]c(=O)c2C(CC(N)=O)c2ccc3c(c2)OCO3)cc1. The largest absolute Gasteiger partial charge is 0.497 e. The number of fused-ring (bicyclic) bond motifs is 1. The summed E-state index contributed by atoms with van der Waals surface area (Å²) in [6.07, 6.45) is 0.480. The Morgan fingerprint density at radius 3 is 2.62 bits per heavy atom. The highest BCUT2D eigenvalue weighted by atomic mass is 16.7. The van der Waals surface area contributed by atoms with Crippen LogP contribution in [0.5, 0.6) is 17.2 Å². The van der Waals surface area contributed by atoms with Gasteiger partial charge in [0.25, 0.3) is 5.56 Å². The van der Waals surface area contributed by atoms with E-state index in [9.17, 15) is 9.59 Å². The van der Waals surface area contributed by atoms with E-state index in [1.54, 1.807) is 19.2 Å². The van der Waals surface area contributed by atoms with Gasteiger partial charge in [0.1, 0.15) is 5.75 Å². The van der Waals surface area contributed by atoms with Crippen molar-refractivity contribution in [2.75, 3.05) is 13.9 Å². The summed E-state index contributed by atoms with van der Waals surface area (Å²) in [7, 11) is 1.61. The molecule has 1 aromatic heterocycles. The molecule has 1 unspecified atom stereocenters. The number of ether oxygens (including phenoxy) is 3. The maximum atomic E-state index is 12.6. The molecule has 0 saturated heterocycles. The molecular formula is C21H21N3O5. The molecule has 4 rings (SSSR count). The number of methoxy groups -OCH3 is 1. The smallest absolute Gasteiger partial charge is 0.267 e. The van der Waals surface area contributed by atoms with Crippen molar-refractivity contribution in [3.63, 3.8) is 0 Å². The highest BCUT2D eigenvalue weighted by Crippen LogP contribution is 2.37. The van der Waals surface area contributed by atoms with Gasteiger partial charge in [-0.05, 0) is 35.4 Å². The molecule has 0 bridgehead atoms. The average molecular weight is 395 g/mol. The van der Waals surface area contributed by atoms with Crippen LogP contribution >= 0.6 is 0 Å². The minimum Gasteiger partial charge on any atom is -0.497 e. The normalized spacial score (nSPS) is 13.3. The third kappa shape index (κ3) is 3.82. The number of primary amides is 1. The number of hydrogen-bond donors (Lipinski definition) is 3. The number of aromatic amines is 2. The second-order valence-corrected chi connectivity index (χ2v) is 6.83. The second kappa shape index (κ2) is 7.75. The van der Waals surface area contributed by atoms with Crippen LogP contribution in [0, 0.1) is 0 Å². The van der Waals surface area contributed by atoms with E-state index in [0.29, 0.717) is 29.2 Å². The molecular weight excluding hydrogens is 374 g/mol. The minimum absolute atomic E-state index is 0.00378. The molecule has 29 heavy (non-hydrogen) atoms. The Kier molecular flexibility index (Phi) is 4.99. The second-order valence-electron chi connectivity index (χ2n) is 6.83. The van der Waals surface area contributed by atoms with Crippen LogP contribution in [-0.4, -0.2) is 30.0 Å². The highest BCUT2D eigenvalue weighted by Gasteiger charge is 2.26. The summed E-state index contributed by atoms with van der Waals surface area (Å²) in [5, 5.41) is 5.59. The predicted molar refractivity (Wildman–Crippen MR) is 105 cm³/mol. The Labute approximate surface area is 166 Å². The maximum absolute atomic E-state index is 12.6. The van der Waals surface area contributed by atoms with Gasteiger partial charge < -0.3 is 25.0 Å². The molecule has 1 aliphatic rings. The molecule has 1 aliphatic heterocycles. The summed E-state index contributed by atoms with van der Waals surface area (Å²) in [4.78, 5) is 24.4. The zero-order valence-electron chi connectivity index (χ0n) is 15.9. The standard InChI is InChI=1S/C21H21N3O5/c1-27-14-5-2-12(3-6-14)8-16-20(21(26)24-23-16)15(10-19(22)25)13-4-7-17-18(9-13)29-11-28-17/h2-7,9,15H,8,10-11H2,1H3,(H2,22,25)(H2,23,24,26). The van der Waals surface area contributed by atoms with Crippen molar-refractivity contribution in [2.45, 2.75) is 18.8 Å². The van der Waals surface area contributed by atoms with Crippen molar-refractivity contribution in [1.29, 1.82) is 0 Å². The summed E-state index contributed by atoms with van der Waals surface area (Å²) >= 11 is 0. The third-order valence-corrected chi connectivity index (χ3v) is 4.99. The van der Waals surface area contributed by atoms with Crippen molar-refractivity contribution in [1.82, 2.24) is 10.2 Å². The molecule has 1 amide bonds. The van der Waals surface area contributed by atoms with Crippen LogP contribution < -0.4 is 25.5 Å². The van der Waals surface area contributed by atoms with Crippen LogP contribution in [0.25, 0.3) is 0 Å². The fraction of sp³-hybridized carbons (Fsp3) is 0.238. The van der Waals surface area contributed by atoms with Gasteiger partial charge in [0, 0.05) is 30.0 Å². The third-order valence-electron chi connectivity index (χ3n) is 4.99. The Hall–Kier alpha value is -3.68. The molecule has 3 aromatic rings. The summed E-state index contributed by atoms with van der Waals surface area (Å²) in [6, 6.07) is 13.0. The first kappa shape index (κ1) is 18.7. The fourth-order valence-electron chi connectivity index (χ4n) is 3.58. The first-order valence-electron chi connectivity index (χ1n) is 9.15. The fourth-order valence-corrected chi connectivity index (χ4v) is 3.58. The van der Waals surface area contributed by atoms with E-state index in [2.05, 4.69) is 10.2 Å². The van der Waals surface area contributed by atoms with Crippen LogP contribution in [-0.2, 0) is 11.2 Å². The quantitative estimate of drug-likeness (QED) is 0.566. The number of hydrogen-bond acceptors (Lipinski definition) is 5. The molecule has 0 aliphatic carbocycles. The predicted octanol–water partition coefficient (Wildman–Crippen LogP) is 2.04. The Balaban J connectivity index is 1.72. The van der Waals surface area contributed by atoms with Gasteiger partial charge in [-0.1, -0.05) is 18.2 Å². The van der Waals surface area contributed by atoms with Crippen molar-refractivity contribution in [2.24, 2.45) is 5.73 Å². The number of carbonyl (C=O) groups is 1. The zero-order valence-corrected chi connectivity index (χ0v) is 15.9. The van der Waals surface area contributed by atoms with Crippen LogP contribution in [0.1, 0.15) is 34.7 Å². The molecule has 2 aromatic carbocycles. The van der Waals surface area contributed by atoms with Gasteiger partial charge in [-0.3, -0.25) is 14.7 Å². The van der Waals surface area contributed by atoms with E-state index in [4.69, 9.17) is 19.9 Å². The van der Waals surface area contributed by atoms with E-state index < -0.39 is 11.8 Å². The van der Waals surface area contributed by atoms with E-state index in [1.165, 1.54) is 0 Å². The van der Waals surface area contributed by atoms with Crippen LogP contribution in [0.3, 0.4) is 0 Å². The number of rotatable bonds is 7. The average Bonchev–Trinajstić information content (AvgIpc) is 3.33. The van der Waals surface area contributed by atoms with Gasteiger partial charge in [-0.25, -0.2) is 0 Å². The van der Waals surface area contributed by atoms with Gasteiger partial charge in [0.05, 0.1) is 7.11 Å².